The van der Waals surface area contributed by atoms with Crippen molar-refractivity contribution >= 4 is 0 Å². The molecule has 0 spiro atoms. The molecule has 278 valence electrons. The molecule has 2 heteroatoms. The third-order valence-electron chi connectivity index (χ3n) is 10.9. The van der Waals surface area contributed by atoms with Gasteiger partial charge in [-0.2, -0.15) is 0 Å². The minimum Gasteiger partial charge on any atom is -0.365 e. The molecule has 0 saturated heterocycles. The summed E-state index contributed by atoms with van der Waals surface area (Å²) < 4.78 is 0. The second-order valence-electron chi connectivity index (χ2n) is 15.6. The molecule has 0 saturated carbocycles. The molecule has 0 heterocycles. The Morgan fingerprint density at radius 1 is 0.283 bits per heavy atom. The van der Waals surface area contributed by atoms with Crippen molar-refractivity contribution in [1.29, 1.82) is 0 Å². The van der Waals surface area contributed by atoms with Crippen LogP contribution in [-0.2, 0) is 0 Å². The molecule has 0 rings (SSSR count). The van der Waals surface area contributed by atoms with Crippen molar-refractivity contribution in [2.24, 2.45) is 5.92 Å². The van der Waals surface area contributed by atoms with Crippen molar-refractivity contribution in [3.63, 3.8) is 0 Å². The summed E-state index contributed by atoms with van der Waals surface area (Å²) in [7, 11) is 0. The molecular weight excluding hydrogens is 560 g/mol. The summed E-state index contributed by atoms with van der Waals surface area (Å²) in [6, 6.07) is 0. The Balaban J connectivity index is 4.19. The predicted octanol–water partition coefficient (Wildman–Crippen LogP) is 15.6. The van der Waals surface area contributed by atoms with Gasteiger partial charge in [-0.05, 0) is 19.3 Å². The number of unbranched alkanes of at least 4 members (excludes halogenated alkanes) is 33. The topological polar surface area (TPSA) is 40.5 Å². The van der Waals surface area contributed by atoms with Crippen LogP contribution in [0.15, 0.2) is 0 Å². The molecule has 0 aliphatic carbocycles. The van der Waals surface area contributed by atoms with Gasteiger partial charge in [-0.1, -0.05) is 245 Å². The van der Waals surface area contributed by atoms with E-state index in [1.165, 1.54) is 218 Å². The zero-order valence-corrected chi connectivity index (χ0v) is 32.5. The van der Waals surface area contributed by atoms with E-state index < -0.39 is 5.79 Å². The van der Waals surface area contributed by atoms with E-state index >= 15 is 0 Å². The molecule has 0 amide bonds. The van der Waals surface area contributed by atoms with Gasteiger partial charge in [0, 0.05) is 12.3 Å². The summed E-state index contributed by atoms with van der Waals surface area (Å²) in [5.41, 5.74) is 0. The average molecular weight is 651 g/mol. The summed E-state index contributed by atoms with van der Waals surface area (Å²) in [6.45, 7) is 6.88. The lowest BCUT2D eigenvalue weighted by Gasteiger charge is -2.32. The first kappa shape index (κ1) is 45.9. The van der Waals surface area contributed by atoms with Crippen molar-refractivity contribution in [3.8, 4) is 0 Å². The van der Waals surface area contributed by atoms with Gasteiger partial charge in [0.1, 0.15) is 0 Å². The molecule has 0 aliphatic rings. The quantitative estimate of drug-likeness (QED) is 0.0512. The van der Waals surface area contributed by atoms with Crippen molar-refractivity contribution in [2.75, 3.05) is 0 Å². The van der Waals surface area contributed by atoms with Crippen LogP contribution in [0, 0.1) is 5.92 Å². The molecule has 46 heavy (non-hydrogen) atoms. The van der Waals surface area contributed by atoms with Crippen LogP contribution >= 0.6 is 0 Å². The molecule has 0 bridgehead atoms. The first-order valence-electron chi connectivity index (χ1n) is 22.0. The van der Waals surface area contributed by atoms with E-state index in [9.17, 15) is 10.2 Å². The van der Waals surface area contributed by atoms with Crippen molar-refractivity contribution < 1.29 is 10.2 Å². The highest BCUT2D eigenvalue weighted by Crippen LogP contribution is 2.31. The second kappa shape index (κ2) is 37.7. The Labute approximate surface area is 292 Å². The molecule has 0 fully saturated rings. The maximum Gasteiger partial charge on any atom is 0.165 e. The van der Waals surface area contributed by atoms with Gasteiger partial charge in [-0.15, -0.1) is 0 Å². The van der Waals surface area contributed by atoms with Crippen molar-refractivity contribution in [1.82, 2.24) is 0 Å². The minimum atomic E-state index is -1.46. The van der Waals surface area contributed by atoms with Crippen LogP contribution in [0.1, 0.15) is 271 Å². The molecule has 0 aromatic rings. The predicted molar refractivity (Wildman–Crippen MR) is 208 cm³/mol. The third kappa shape index (κ3) is 33.8. The lowest BCUT2D eigenvalue weighted by atomic mass is 9.84. The molecule has 0 aromatic carbocycles. The van der Waals surface area contributed by atoms with Gasteiger partial charge in [0.2, 0.25) is 0 Å². The SMILES string of the molecule is CCCCCCCCCCCCCCCCC(CCCCCCCCCCCC)C(O)(O)CCCCCCCCCCCCCC. The summed E-state index contributed by atoms with van der Waals surface area (Å²) in [5.74, 6) is -1.40. The number of hydrogen-bond acceptors (Lipinski definition) is 2. The number of aliphatic hydroxyl groups is 2. The maximum atomic E-state index is 11.2. The van der Waals surface area contributed by atoms with Gasteiger partial charge in [0.25, 0.3) is 0 Å². The monoisotopic (exact) mass is 651 g/mol. The Hall–Kier alpha value is -0.0800. The van der Waals surface area contributed by atoms with Crippen LogP contribution < -0.4 is 0 Å². The molecule has 0 aromatic heterocycles. The molecule has 1 atom stereocenters. The molecule has 2 nitrogen and oxygen atoms in total. The van der Waals surface area contributed by atoms with Crippen LogP contribution in [0.2, 0.25) is 0 Å². The lowest BCUT2D eigenvalue weighted by Crippen LogP contribution is -2.37. The van der Waals surface area contributed by atoms with E-state index in [0.29, 0.717) is 6.42 Å². The van der Waals surface area contributed by atoms with E-state index in [1.807, 2.05) is 0 Å². The zero-order valence-electron chi connectivity index (χ0n) is 32.5. The van der Waals surface area contributed by atoms with Gasteiger partial charge in [-0.25, -0.2) is 0 Å². The highest BCUT2D eigenvalue weighted by atomic mass is 16.5. The smallest absolute Gasteiger partial charge is 0.165 e. The molecule has 0 radical (unpaired) electrons. The van der Waals surface area contributed by atoms with E-state index in [1.54, 1.807) is 0 Å². The summed E-state index contributed by atoms with van der Waals surface area (Å²) >= 11 is 0. The van der Waals surface area contributed by atoms with E-state index in [-0.39, 0.29) is 5.92 Å². The van der Waals surface area contributed by atoms with E-state index in [0.717, 1.165) is 25.7 Å². The Morgan fingerprint density at radius 2 is 0.478 bits per heavy atom. The fraction of sp³-hybridized carbons (Fsp3) is 1.00. The second-order valence-corrected chi connectivity index (χ2v) is 15.6. The van der Waals surface area contributed by atoms with Crippen molar-refractivity contribution in [3.05, 3.63) is 0 Å². The van der Waals surface area contributed by atoms with E-state index in [4.69, 9.17) is 0 Å². The molecule has 1 unspecified atom stereocenters. The van der Waals surface area contributed by atoms with Gasteiger partial charge >= 0.3 is 0 Å². The maximum absolute atomic E-state index is 11.2. The minimum absolute atomic E-state index is 0.0616. The normalized spacial score (nSPS) is 12.7. The standard InChI is InChI=1S/C44H90O2/c1-4-7-10-13-16-19-22-24-25-26-29-32-35-38-41-43(40-37-34-31-28-21-18-15-12-9-6-3)44(45,46)42-39-36-33-30-27-23-20-17-14-11-8-5-2/h43,45-46H,4-42H2,1-3H3. The van der Waals surface area contributed by atoms with Crippen LogP contribution in [0.25, 0.3) is 0 Å². The summed E-state index contributed by atoms with van der Waals surface area (Å²) in [5, 5.41) is 22.5. The first-order chi connectivity index (χ1) is 22.6. The number of rotatable bonds is 40. The Morgan fingerprint density at radius 3 is 0.717 bits per heavy atom. The van der Waals surface area contributed by atoms with Gasteiger partial charge in [-0.3, -0.25) is 0 Å². The zero-order chi connectivity index (χ0) is 33.7. The fourth-order valence-electron chi connectivity index (χ4n) is 7.50. The summed E-state index contributed by atoms with van der Waals surface area (Å²) in [6.07, 6.45) is 51.1. The third-order valence-corrected chi connectivity index (χ3v) is 10.9. The molecule has 2 N–H and O–H groups in total. The van der Waals surface area contributed by atoms with E-state index in [2.05, 4.69) is 20.8 Å². The highest BCUT2D eigenvalue weighted by molar-refractivity contribution is 4.77. The highest BCUT2D eigenvalue weighted by Gasteiger charge is 2.32. The molecular formula is C44H90O2. The Bertz CT molecular complexity index is 544. The van der Waals surface area contributed by atoms with Gasteiger partial charge in [0.05, 0.1) is 0 Å². The Kier molecular flexibility index (Phi) is 37.7. The van der Waals surface area contributed by atoms with Gasteiger partial charge < -0.3 is 10.2 Å². The van der Waals surface area contributed by atoms with Crippen LogP contribution in [-0.4, -0.2) is 16.0 Å². The largest absolute Gasteiger partial charge is 0.365 e. The summed E-state index contributed by atoms with van der Waals surface area (Å²) in [4.78, 5) is 0. The first-order valence-corrected chi connectivity index (χ1v) is 22.0. The number of hydrogen-bond donors (Lipinski definition) is 2. The van der Waals surface area contributed by atoms with Crippen LogP contribution in [0.5, 0.6) is 0 Å². The van der Waals surface area contributed by atoms with Gasteiger partial charge in [0.15, 0.2) is 5.79 Å². The average Bonchev–Trinajstić information content (AvgIpc) is 3.05. The fourth-order valence-corrected chi connectivity index (χ4v) is 7.50. The van der Waals surface area contributed by atoms with Crippen LogP contribution in [0.3, 0.4) is 0 Å². The molecule has 0 aliphatic heterocycles. The van der Waals surface area contributed by atoms with Crippen molar-refractivity contribution in [2.45, 2.75) is 277 Å². The lowest BCUT2D eigenvalue weighted by molar-refractivity contribution is -0.209. The van der Waals surface area contributed by atoms with Crippen LogP contribution in [0.4, 0.5) is 0 Å².